The number of nitrogens with zero attached hydrogens (tertiary/aromatic N) is 1. The minimum absolute atomic E-state index is 0.562. The molecule has 0 amide bonds. The van der Waals surface area contributed by atoms with E-state index in [2.05, 4.69) is 18.8 Å². The van der Waals surface area contributed by atoms with E-state index in [1.165, 1.54) is 44.6 Å². The molecule has 1 rings (SSSR count). The van der Waals surface area contributed by atoms with E-state index in [1.54, 1.807) is 6.92 Å². The molecule has 1 nitrogen and oxygen atoms in total. The molecule has 110 valence electrons. The van der Waals surface area contributed by atoms with E-state index in [1.807, 2.05) is 0 Å². The van der Waals surface area contributed by atoms with Crippen LogP contribution in [0.1, 0.15) is 63.6 Å². The molecule has 0 N–H and O–H groups in total. The molecule has 0 aliphatic carbocycles. The van der Waals surface area contributed by atoms with Crippen molar-refractivity contribution >= 4 is 0 Å². The second-order valence-corrected chi connectivity index (χ2v) is 4.63. The van der Waals surface area contributed by atoms with Crippen LogP contribution in [0.2, 0.25) is 0 Å². The Morgan fingerprint density at radius 1 is 1.00 bits per heavy atom. The van der Waals surface area contributed by atoms with Crippen LogP contribution in [0.15, 0.2) is 18.3 Å². The van der Waals surface area contributed by atoms with Crippen molar-refractivity contribution in [2.24, 2.45) is 0 Å². The van der Waals surface area contributed by atoms with Crippen LogP contribution in [0.5, 0.6) is 0 Å². The lowest BCUT2D eigenvalue weighted by molar-refractivity contribution is -0.141. The van der Waals surface area contributed by atoms with E-state index in [-0.39, 0.29) is 0 Å². The molecule has 0 radical (unpaired) electrons. The van der Waals surface area contributed by atoms with Crippen LogP contribution in [0.3, 0.4) is 0 Å². The first-order valence-corrected chi connectivity index (χ1v) is 6.91. The van der Waals surface area contributed by atoms with Crippen molar-refractivity contribution in [1.82, 2.24) is 4.98 Å². The van der Waals surface area contributed by atoms with Gasteiger partial charge < -0.3 is 0 Å². The first kappa shape index (κ1) is 17.9. The Kier molecular flexibility index (Phi) is 9.27. The Bertz CT molecular complexity index is 328. The van der Waals surface area contributed by atoms with Gasteiger partial charge in [0.1, 0.15) is 5.69 Å². The summed E-state index contributed by atoms with van der Waals surface area (Å²) in [7, 11) is 0. The third-order valence-electron chi connectivity index (χ3n) is 2.66. The van der Waals surface area contributed by atoms with Gasteiger partial charge in [-0.3, -0.25) is 4.98 Å². The molecular weight excluding hydrogens is 251 g/mol. The van der Waals surface area contributed by atoms with Gasteiger partial charge in [-0.15, -0.1) is 0 Å². The van der Waals surface area contributed by atoms with Crippen LogP contribution in [-0.2, 0) is 6.18 Å². The molecule has 0 unspecified atom stereocenters. The van der Waals surface area contributed by atoms with Crippen molar-refractivity contribution in [3.63, 3.8) is 0 Å². The second-order valence-electron chi connectivity index (χ2n) is 4.63. The summed E-state index contributed by atoms with van der Waals surface area (Å²) in [6.07, 6.45) is 5.31. The molecule has 0 aromatic carbocycles. The van der Waals surface area contributed by atoms with E-state index < -0.39 is 11.9 Å². The SMILES string of the molecule is CCCCCCCC.Cc1ccnc(C(F)(F)F)c1. The molecule has 0 aliphatic rings. The molecule has 4 heteroatoms. The molecule has 0 atom stereocenters. The van der Waals surface area contributed by atoms with Crippen molar-refractivity contribution in [1.29, 1.82) is 0 Å². The number of alkyl halides is 3. The summed E-state index contributed by atoms with van der Waals surface area (Å²) in [6.45, 7) is 6.11. The minimum Gasteiger partial charge on any atom is -0.252 e. The summed E-state index contributed by atoms with van der Waals surface area (Å²) >= 11 is 0. The van der Waals surface area contributed by atoms with Crippen LogP contribution in [-0.4, -0.2) is 4.98 Å². The first-order valence-electron chi connectivity index (χ1n) is 6.91. The van der Waals surface area contributed by atoms with Crippen LogP contribution in [0, 0.1) is 6.92 Å². The third-order valence-corrected chi connectivity index (χ3v) is 2.66. The maximum absolute atomic E-state index is 11.9. The maximum atomic E-state index is 11.9. The molecule has 1 aromatic heterocycles. The molecule has 0 aliphatic heterocycles. The maximum Gasteiger partial charge on any atom is 0.433 e. The molecule has 19 heavy (non-hydrogen) atoms. The Morgan fingerprint density at radius 2 is 1.53 bits per heavy atom. The molecule has 0 saturated carbocycles. The van der Waals surface area contributed by atoms with E-state index in [4.69, 9.17) is 0 Å². The standard InChI is InChI=1S/C8H18.C7H6F3N/c1-3-5-7-8-6-4-2;1-5-2-3-11-6(4-5)7(8,9)10/h3-8H2,1-2H3;2-4H,1H3. The number of pyridine rings is 1. The van der Waals surface area contributed by atoms with Gasteiger partial charge in [-0.1, -0.05) is 52.4 Å². The number of rotatable bonds is 5. The minimum atomic E-state index is -4.33. The monoisotopic (exact) mass is 275 g/mol. The van der Waals surface area contributed by atoms with Gasteiger partial charge in [0.2, 0.25) is 0 Å². The predicted molar refractivity (Wildman–Crippen MR) is 73.0 cm³/mol. The van der Waals surface area contributed by atoms with Gasteiger partial charge in [-0.05, 0) is 24.6 Å². The van der Waals surface area contributed by atoms with Gasteiger partial charge >= 0.3 is 6.18 Å². The summed E-state index contributed by atoms with van der Waals surface area (Å²) in [5.41, 5.74) is -0.273. The molecule has 1 heterocycles. The van der Waals surface area contributed by atoms with Crippen molar-refractivity contribution in [2.45, 2.75) is 65.5 Å². The Morgan fingerprint density at radius 3 is 1.84 bits per heavy atom. The highest BCUT2D eigenvalue weighted by molar-refractivity contribution is 5.16. The summed E-state index contributed by atoms with van der Waals surface area (Å²) in [5, 5.41) is 0. The molecule has 0 fully saturated rings. The van der Waals surface area contributed by atoms with Crippen LogP contribution < -0.4 is 0 Å². The largest absolute Gasteiger partial charge is 0.433 e. The Hall–Kier alpha value is -1.06. The van der Waals surface area contributed by atoms with Crippen molar-refractivity contribution in [2.75, 3.05) is 0 Å². The molecule has 1 aromatic rings. The second kappa shape index (κ2) is 9.82. The Labute approximate surface area is 114 Å². The predicted octanol–water partition coefficient (Wildman–Crippen LogP) is 5.78. The fraction of sp³-hybridized carbons (Fsp3) is 0.667. The number of hydrogen-bond acceptors (Lipinski definition) is 1. The summed E-state index contributed by atoms with van der Waals surface area (Å²) in [4.78, 5) is 3.19. The van der Waals surface area contributed by atoms with Crippen molar-refractivity contribution in [3.8, 4) is 0 Å². The zero-order chi connectivity index (χ0) is 14.7. The summed E-state index contributed by atoms with van der Waals surface area (Å²) in [6, 6.07) is 2.54. The number of aryl methyl sites for hydroxylation is 1. The smallest absolute Gasteiger partial charge is 0.252 e. The Balaban J connectivity index is 0.000000362. The van der Waals surface area contributed by atoms with Gasteiger partial charge in [0, 0.05) is 6.20 Å². The first-order chi connectivity index (χ1) is 8.91. The molecule has 0 saturated heterocycles. The van der Waals surface area contributed by atoms with Crippen LogP contribution in [0.25, 0.3) is 0 Å². The zero-order valence-corrected chi connectivity index (χ0v) is 12.1. The molecule has 0 bridgehead atoms. The van der Waals surface area contributed by atoms with Gasteiger partial charge in [-0.2, -0.15) is 13.2 Å². The highest BCUT2D eigenvalue weighted by Gasteiger charge is 2.31. The number of halogens is 3. The number of hydrogen-bond donors (Lipinski definition) is 0. The lowest BCUT2D eigenvalue weighted by atomic mass is 10.1. The van der Waals surface area contributed by atoms with E-state index in [0.29, 0.717) is 5.56 Å². The van der Waals surface area contributed by atoms with Crippen molar-refractivity contribution < 1.29 is 13.2 Å². The highest BCUT2D eigenvalue weighted by atomic mass is 19.4. The van der Waals surface area contributed by atoms with Crippen LogP contribution in [0.4, 0.5) is 13.2 Å². The fourth-order valence-corrected chi connectivity index (χ4v) is 1.54. The third kappa shape index (κ3) is 9.51. The topological polar surface area (TPSA) is 12.9 Å². The fourth-order valence-electron chi connectivity index (χ4n) is 1.54. The lowest BCUT2D eigenvalue weighted by Crippen LogP contribution is -2.07. The van der Waals surface area contributed by atoms with E-state index in [9.17, 15) is 13.2 Å². The van der Waals surface area contributed by atoms with Gasteiger partial charge in [-0.25, -0.2) is 0 Å². The average Bonchev–Trinajstić information content (AvgIpc) is 2.35. The lowest BCUT2D eigenvalue weighted by Gasteiger charge is -2.04. The number of aromatic nitrogens is 1. The zero-order valence-electron chi connectivity index (χ0n) is 12.1. The van der Waals surface area contributed by atoms with Gasteiger partial charge in [0.15, 0.2) is 0 Å². The highest BCUT2D eigenvalue weighted by Crippen LogP contribution is 2.27. The van der Waals surface area contributed by atoms with E-state index >= 15 is 0 Å². The normalized spacial score (nSPS) is 10.8. The molecule has 0 spiro atoms. The summed E-state index contributed by atoms with van der Waals surface area (Å²) < 4.78 is 35.7. The van der Waals surface area contributed by atoms with Crippen LogP contribution >= 0.6 is 0 Å². The van der Waals surface area contributed by atoms with E-state index in [0.717, 1.165) is 12.3 Å². The average molecular weight is 275 g/mol. The van der Waals surface area contributed by atoms with Crippen molar-refractivity contribution in [3.05, 3.63) is 29.6 Å². The number of unbranched alkanes of at least 4 members (excludes halogenated alkanes) is 5. The molecular formula is C15H24F3N. The quantitative estimate of drug-likeness (QED) is 0.621. The van der Waals surface area contributed by atoms with Gasteiger partial charge in [0.25, 0.3) is 0 Å². The summed E-state index contributed by atoms with van der Waals surface area (Å²) in [5.74, 6) is 0. The van der Waals surface area contributed by atoms with Gasteiger partial charge in [0.05, 0.1) is 0 Å².